The van der Waals surface area contributed by atoms with E-state index in [1.807, 2.05) is 30.3 Å². The van der Waals surface area contributed by atoms with Crippen molar-refractivity contribution in [2.24, 2.45) is 16.5 Å². The summed E-state index contributed by atoms with van der Waals surface area (Å²) in [5.41, 5.74) is 11.2. The van der Waals surface area contributed by atoms with Gasteiger partial charge in [0, 0.05) is 6.54 Å². The Hall–Kier alpha value is -2.24. The van der Waals surface area contributed by atoms with Crippen molar-refractivity contribution in [2.75, 3.05) is 6.67 Å². The maximum Gasteiger partial charge on any atom is 0.316 e. The van der Waals surface area contributed by atoms with Crippen LogP contribution in [-0.4, -0.2) is 18.7 Å². The van der Waals surface area contributed by atoms with Gasteiger partial charge in [0.2, 0.25) is 0 Å². The Balaban J connectivity index is 2.23. The summed E-state index contributed by atoms with van der Waals surface area (Å²) in [5, 5.41) is 5.16. The highest BCUT2D eigenvalue weighted by Crippen LogP contribution is 1.96. The molecule has 2 amide bonds. The zero-order valence-electron chi connectivity index (χ0n) is 8.81. The second kappa shape index (κ2) is 6.28. The van der Waals surface area contributed by atoms with E-state index in [0.29, 0.717) is 6.54 Å². The number of nitrogens with two attached hydrogens (primary N) is 2. The molecule has 0 fully saturated rings. The molecule has 6 heteroatoms. The van der Waals surface area contributed by atoms with Crippen molar-refractivity contribution in [3.63, 3.8) is 0 Å². The maximum absolute atomic E-state index is 11.2. The number of nitrogens with one attached hydrogen (secondary N) is 2. The predicted octanol–water partition coefficient (Wildman–Crippen LogP) is -0.283. The fourth-order valence-electron chi connectivity index (χ4n) is 1.04. The molecule has 0 spiro atoms. The molecule has 0 radical (unpaired) electrons. The van der Waals surface area contributed by atoms with Gasteiger partial charge in [-0.2, -0.15) is 0 Å². The van der Waals surface area contributed by atoms with Crippen molar-refractivity contribution in [2.45, 2.75) is 6.54 Å². The molecular formula is C10H15N5O. The molecule has 0 aliphatic carbocycles. The van der Waals surface area contributed by atoms with Crippen LogP contribution in [0.1, 0.15) is 5.56 Å². The lowest BCUT2D eigenvalue weighted by Crippen LogP contribution is -2.36. The highest BCUT2D eigenvalue weighted by Gasteiger charge is 1.97. The standard InChI is InChI=1S/C10H15N5O/c11-9(12)14-7-15-10(16)13-6-8-4-2-1-3-5-8/h1-5H,6-7H2,(H4,11,12,14)(H2,13,15,16). The molecule has 6 nitrogen and oxygen atoms in total. The molecular weight excluding hydrogens is 206 g/mol. The first-order chi connectivity index (χ1) is 7.68. The Kier molecular flexibility index (Phi) is 4.65. The first-order valence-electron chi connectivity index (χ1n) is 4.79. The van der Waals surface area contributed by atoms with Gasteiger partial charge in [0.25, 0.3) is 0 Å². The number of amides is 2. The third-order valence-electron chi connectivity index (χ3n) is 1.80. The predicted molar refractivity (Wildman–Crippen MR) is 62.5 cm³/mol. The summed E-state index contributed by atoms with van der Waals surface area (Å²) < 4.78 is 0. The van der Waals surface area contributed by atoms with Crippen LogP contribution in [-0.2, 0) is 6.54 Å². The maximum atomic E-state index is 11.2. The minimum Gasteiger partial charge on any atom is -0.370 e. The van der Waals surface area contributed by atoms with Crippen LogP contribution in [0.2, 0.25) is 0 Å². The number of guanidine groups is 1. The van der Waals surface area contributed by atoms with Crippen molar-refractivity contribution >= 4 is 12.0 Å². The number of aliphatic imine (C=N–C) groups is 1. The molecule has 0 aliphatic rings. The first kappa shape index (κ1) is 11.8. The van der Waals surface area contributed by atoms with Gasteiger partial charge in [-0.05, 0) is 5.56 Å². The quantitative estimate of drug-likeness (QED) is 0.415. The summed E-state index contributed by atoms with van der Waals surface area (Å²) in [5.74, 6) is -0.0524. The molecule has 0 saturated heterocycles. The number of carbonyl (C=O) groups is 1. The number of nitrogens with zero attached hydrogens (tertiary/aromatic N) is 1. The minimum atomic E-state index is -0.311. The van der Waals surface area contributed by atoms with Gasteiger partial charge >= 0.3 is 6.03 Å². The molecule has 1 aromatic carbocycles. The Labute approximate surface area is 93.7 Å². The Morgan fingerprint density at radius 2 is 1.88 bits per heavy atom. The van der Waals surface area contributed by atoms with E-state index in [9.17, 15) is 4.79 Å². The monoisotopic (exact) mass is 221 g/mol. The lowest BCUT2D eigenvalue weighted by molar-refractivity contribution is 0.241. The third kappa shape index (κ3) is 4.85. The van der Waals surface area contributed by atoms with Crippen LogP contribution in [0.5, 0.6) is 0 Å². The van der Waals surface area contributed by atoms with Crippen LogP contribution in [0.15, 0.2) is 35.3 Å². The Bertz CT molecular complexity index is 359. The van der Waals surface area contributed by atoms with Gasteiger partial charge in [-0.3, -0.25) is 0 Å². The fraction of sp³-hybridized carbons (Fsp3) is 0.200. The number of urea groups is 1. The molecule has 6 N–H and O–H groups in total. The molecule has 1 rings (SSSR count). The van der Waals surface area contributed by atoms with Crippen molar-refractivity contribution in [1.29, 1.82) is 0 Å². The number of rotatable bonds is 4. The van der Waals surface area contributed by atoms with Gasteiger partial charge in [0.15, 0.2) is 5.96 Å². The fourth-order valence-corrected chi connectivity index (χ4v) is 1.04. The number of hydrogen-bond acceptors (Lipinski definition) is 2. The van der Waals surface area contributed by atoms with E-state index in [2.05, 4.69) is 15.6 Å². The van der Waals surface area contributed by atoms with E-state index in [4.69, 9.17) is 11.5 Å². The number of benzene rings is 1. The topological polar surface area (TPSA) is 106 Å². The van der Waals surface area contributed by atoms with Crippen molar-refractivity contribution in [3.8, 4) is 0 Å². The summed E-state index contributed by atoms with van der Waals surface area (Å²) in [6.45, 7) is 0.539. The Morgan fingerprint density at radius 1 is 1.19 bits per heavy atom. The lowest BCUT2D eigenvalue weighted by Gasteiger charge is -2.05. The first-order valence-corrected chi connectivity index (χ1v) is 4.79. The van der Waals surface area contributed by atoms with Gasteiger partial charge < -0.3 is 22.1 Å². The molecule has 0 aromatic heterocycles. The summed E-state index contributed by atoms with van der Waals surface area (Å²) in [6, 6.07) is 9.28. The van der Waals surface area contributed by atoms with Crippen molar-refractivity contribution in [1.82, 2.24) is 10.6 Å². The SMILES string of the molecule is NC(N)=NCNC(=O)NCc1ccccc1. The average Bonchev–Trinajstić information content (AvgIpc) is 2.27. The molecule has 1 aromatic rings. The highest BCUT2D eigenvalue weighted by atomic mass is 16.2. The summed E-state index contributed by atoms with van der Waals surface area (Å²) in [6.07, 6.45) is 0. The second-order valence-electron chi connectivity index (χ2n) is 3.09. The van der Waals surface area contributed by atoms with Crippen LogP contribution >= 0.6 is 0 Å². The zero-order chi connectivity index (χ0) is 11.8. The molecule has 0 saturated carbocycles. The molecule has 0 aliphatic heterocycles. The molecule has 0 atom stereocenters. The normalized spacial score (nSPS) is 9.25. The molecule has 86 valence electrons. The van der Waals surface area contributed by atoms with Crippen LogP contribution in [0.25, 0.3) is 0 Å². The van der Waals surface area contributed by atoms with Gasteiger partial charge in [0.1, 0.15) is 6.67 Å². The van der Waals surface area contributed by atoms with Crippen LogP contribution in [0, 0.1) is 0 Å². The Morgan fingerprint density at radius 3 is 2.50 bits per heavy atom. The van der Waals surface area contributed by atoms with E-state index in [0.717, 1.165) is 5.56 Å². The van der Waals surface area contributed by atoms with E-state index in [1.54, 1.807) is 0 Å². The van der Waals surface area contributed by atoms with Crippen LogP contribution < -0.4 is 22.1 Å². The summed E-state index contributed by atoms with van der Waals surface area (Å²) in [4.78, 5) is 14.8. The molecule has 0 unspecified atom stereocenters. The molecule has 16 heavy (non-hydrogen) atoms. The van der Waals surface area contributed by atoms with Crippen LogP contribution in [0.3, 0.4) is 0 Å². The lowest BCUT2D eigenvalue weighted by atomic mass is 10.2. The third-order valence-corrected chi connectivity index (χ3v) is 1.80. The molecule has 0 heterocycles. The van der Waals surface area contributed by atoms with E-state index in [1.165, 1.54) is 0 Å². The van der Waals surface area contributed by atoms with Gasteiger partial charge in [-0.1, -0.05) is 30.3 Å². The summed E-state index contributed by atoms with van der Waals surface area (Å²) in [7, 11) is 0. The highest BCUT2D eigenvalue weighted by molar-refractivity contribution is 5.77. The van der Waals surface area contributed by atoms with E-state index < -0.39 is 0 Å². The van der Waals surface area contributed by atoms with Crippen LogP contribution in [0.4, 0.5) is 4.79 Å². The number of hydrogen-bond donors (Lipinski definition) is 4. The van der Waals surface area contributed by atoms with Gasteiger partial charge in [-0.25, -0.2) is 9.79 Å². The smallest absolute Gasteiger partial charge is 0.316 e. The molecule has 0 bridgehead atoms. The summed E-state index contributed by atoms with van der Waals surface area (Å²) >= 11 is 0. The van der Waals surface area contributed by atoms with Crippen molar-refractivity contribution < 1.29 is 4.79 Å². The van der Waals surface area contributed by atoms with E-state index >= 15 is 0 Å². The average molecular weight is 221 g/mol. The van der Waals surface area contributed by atoms with E-state index in [-0.39, 0.29) is 18.7 Å². The minimum absolute atomic E-state index is 0.0524. The van der Waals surface area contributed by atoms with Gasteiger partial charge in [0.05, 0.1) is 0 Å². The second-order valence-corrected chi connectivity index (χ2v) is 3.09. The van der Waals surface area contributed by atoms with Gasteiger partial charge in [-0.15, -0.1) is 0 Å². The zero-order valence-corrected chi connectivity index (χ0v) is 8.81. The van der Waals surface area contributed by atoms with Crippen molar-refractivity contribution in [3.05, 3.63) is 35.9 Å². The number of carbonyl (C=O) groups excluding carboxylic acids is 1. The largest absolute Gasteiger partial charge is 0.370 e.